The van der Waals surface area contributed by atoms with Crippen molar-refractivity contribution in [1.82, 2.24) is 9.47 Å². The first-order valence-corrected chi connectivity index (χ1v) is 3.56. The molecule has 0 fully saturated rings. The molecule has 0 atom stereocenters. The average molecular weight is 146 g/mol. The molecule has 1 aliphatic heterocycles. The van der Waals surface area contributed by atoms with Gasteiger partial charge in [0.05, 0.1) is 11.4 Å². The lowest BCUT2D eigenvalue weighted by Gasteiger charge is -2.22. The molecule has 2 rings (SSSR count). The first-order valence-electron chi connectivity index (χ1n) is 3.56. The predicted molar refractivity (Wildman–Crippen MR) is 46.6 cm³/mol. The summed E-state index contributed by atoms with van der Waals surface area (Å²) in [5.74, 6) is 0. The van der Waals surface area contributed by atoms with Gasteiger partial charge in [0, 0.05) is 25.6 Å². The topological polar surface area (TPSA) is 8.17 Å². The van der Waals surface area contributed by atoms with Gasteiger partial charge < -0.3 is 9.47 Å². The lowest BCUT2D eigenvalue weighted by molar-refractivity contribution is 0.641. The van der Waals surface area contributed by atoms with Crippen LogP contribution >= 0.6 is 0 Å². The number of nitrogens with zero attached hydrogens (tertiary/aromatic N) is 2. The number of fused-ring (bicyclic) bond motifs is 1. The summed E-state index contributed by atoms with van der Waals surface area (Å²) in [5.41, 5.74) is 2.20. The molecule has 0 unspecified atom stereocenters. The molecule has 0 aliphatic carbocycles. The Bertz CT molecular complexity index is 320. The largest absolute Gasteiger partial charge is 0.348 e. The molecule has 0 N–H and O–H groups in total. The van der Waals surface area contributed by atoms with E-state index < -0.39 is 0 Å². The summed E-state index contributed by atoms with van der Waals surface area (Å²) < 4.78 is 2.06. The number of hydrogen-bond donors (Lipinski definition) is 0. The molecule has 0 aromatic carbocycles. The third-order valence-electron chi connectivity index (χ3n) is 1.95. The van der Waals surface area contributed by atoms with Gasteiger partial charge in [-0.25, -0.2) is 0 Å². The molecule has 0 bridgehead atoms. The van der Waals surface area contributed by atoms with Crippen molar-refractivity contribution >= 4 is 11.9 Å². The fraction of sp³-hybridized carbons (Fsp3) is 0.111. The van der Waals surface area contributed by atoms with Crippen molar-refractivity contribution in [2.75, 3.05) is 7.05 Å². The van der Waals surface area contributed by atoms with Gasteiger partial charge in [0.25, 0.3) is 0 Å². The summed E-state index contributed by atoms with van der Waals surface area (Å²) in [5, 5.41) is 0. The Morgan fingerprint density at radius 2 is 2.18 bits per heavy atom. The monoisotopic (exact) mass is 146 g/mol. The SMILES string of the molecule is C=C1c2cccn2C=CN1C. The quantitative estimate of drug-likeness (QED) is 0.542. The minimum absolute atomic E-state index is 1.04. The Labute approximate surface area is 66.1 Å². The van der Waals surface area contributed by atoms with Crippen molar-refractivity contribution in [3.05, 3.63) is 36.8 Å². The van der Waals surface area contributed by atoms with Crippen LogP contribution < -0.4 is 0 Å². The maximum Gasteiger partial charge on any atom is 0.0682 e. The van der Waals surface area contributed by atoms with E-state index in [1.165, 1.54) is 0 Å². The summed E-state index contributed by atoms with van der Waals surface area (Å²) in [6, 6.07) is 4.08. The molecule has 2 heteroatoms. The van der Waals surface area contributed by atoms with E-state index in [0.717, 1.165) is 11.4 Å². The zero-order valence-corrected chi connectivity index (χ0v) is 6.49. The van der Waals surface area contributed by atoms with Crippen LogP contribution in [0.5, 0.6) is 0 Å². The normalized spacial score (nSPS) is 15.4. The van der Waals surface area contributed by atoms with Gasteiger partial charge in [0.2, 0.25) is 0 Å². The van der Waals surface area contributed by atoms with E-state index in [9.17, 15) is 0 Å². The summed E-state index contributed by atoms with van der Waals surface area (Å²) in [6.45, 7) is 3.96. The number of hydrogen-bond acceptors (Lipinski definition) is 1. The molecule has 1 aromatic heterocycles. The van der Waals surface area contributed by atoms with Gasteiger partial charge in [0.15, 0.2) is 0 Å². The zero-order chi connectivity index (χ0) is 7.84. The lowest BCUT2D eigenvalue weighted by Crippen LogP contribution is -2.14. The van der Waals surface area contributed by atoms with Crippen LogP contribution in [0.25, 0.3) is 11.9 Å². The molecular formula is C9H10N2. The second-order valence-corrected chi connectivity index (χ2v) is 2.66. The van der Waals surface area contributed by atoms with Crippen LogP contribution in [0.2, 0.25) is 0 Å². The second kappa shape index (κ2) is 2.02. The fourth-order valence-electron chi connectivity index (χ4n) is 1.21. The Hall–Kier alpha value is -1.44. The molecule has 2 nitrogen and oxygen atoms in total. The summed E-state index contributed by atoms with van der Waals surface area (Å²) in [4.78, 5) is 2.01. The molecule has 0 radical (unpaired) electrons. The van der Waals surface area contributed by atoms with E-state index >= 15 is 0 Å². The molecule has 0 saturated heterocycles. The summed E-state index contributed by atoms with van der Waals surface area (Å²) in [7, 11) is 2.00. The van der Waals surface area contributed by atoms with Gasteiger partial charge in [-0.05, 0) is 12.1 Å². The van der Waals surface area contributed by atoms with Crippen LogP contribution in [0.4, 0.5) is 0 Å². The van der Waals surface area contributed by atoms with Gasteiger partial charge in [-0.2, -0.15) is 0 Å². The van der Waals surface area contributed by atoms with E-state index in [0.29, 0.717) is 0 Å². The Balaban J connectivity index is 2.57. The molecule has 0 amide bonds. The molecule has 1 aliphatic rings. The van der Waals surface area contributed by atoms with Crippen LogP contribution in [-0.4, -0.2) is 16.5 Å². The minimum atomic E-state index is 1.04. The maximum absolute atomic E-state index is 3.96. The zero-order valence-electron chi connectivity index (χ0n) is 6.49. The van der Waals surface area contributed by atoms with Crippen molar-refractivity contribution in [3.8, 4) is 0 Å². The molecule has 2 heterocycles. The van der Waals surface area contributed by atoms with E-state index in [-0.39, 0.29) is 0 Å². The van der Waals surface area contributed by atoms with Crippen LogP contribution in [0, 0.1) is 0 Å². The van der Waals surface area contributed by atoms with Crippen LogP contribution in [0.1, 0.15) is 5.69 Å². The fourth-order valence-corrected chi connectivity index (χ4v) is 1.21. The highest BCUT2D eigenvalue weighted by molar-refractivity contribution is 5.65. The van der Waals surface area contributed by atoms with Gasteiger partial charge in [-0.1, -0.05) is 6.58 Å². The van der Waals surface area contributed by atoms with Crippen molar-refractivity contribution < 1.29 is 0 Å². The second-order valence-electron chi connectivity index (χ2n) is 2.66. The Morgan fingerprint density at radius 1 is 1.36 bits per heavy atom. The van der Waals surface area contributed by atoms with Crippen molar-refractivity contribution in [3.63, 3.8) is 0 Å². The third-order valence-corrected chi connectivity index (χ3v) is 1.95. The van der Waals surface area contributed by atoms with Gasteiger partial charge >= 0.3 is 0 Å². The van der Waals surface area contributed by atoms with Gasteiger partial charge in [0.1, 0.15) is 0 Å². The Morgan fingerprint density at radius 3 is 3.00 bits per heavy atom. The van der Waals surface area contributed by atoms with Crippen LogP contribution in [-0.2, 0) is 0 Å². The van der Waals surface area contributed by atoms with E-state index in [2.05, 4.69) is 17.2 Å². The maximum atomic E-state index is 3.96. The van der Waals surface area contributed by atoms with E-state index in [1.807, 2.05) is 36.6 Å². The van der Waals surface area contributed by atoms with Crippen molar-refractivity contribution in [2.45, 2.75) is 0 Å². The Kier molecular flexibility index (Phi) is 1.15. The van der Waals surface area contributed by atoms with E-state index in [1.54, 1.807) is 0 Å². The smallest absolute Gasteiger partial charge is 0.0682 e. The number of rotatable bonds is 0. The van der Waals surface area contributed by atoms with Gasteiger partial charge in [-0.15, -0.1) is 0 Å². The highest BCUT2D eigenvalue weighted by atomic mass is 15.2. The molecule has 0 saturated carbocycles. The predicted octanol–water partition coefficient (Wildman–Crippen LogP) is 1.83. The van der Waals surface area contributed by atoms with Crippen molar-refractivity contribution in [2.24, 2.45) is 0 Å². The van der Waals surface area contributed by atoms with Crippen molar-refractivity contribution in [1.29, 1.82) is 0 Å². The van der Waals surface area contributed by atoms with E-state index in [4.69, 9.17) is 0 Å². The minimum Gasteiger partial charge on any atom is -0.348 e. The molecule has 56 valence electrons. The van der Waals surface area contributed by atoms with Crippen LogP contribution in [0.3, 0.4) is 0 Å². The lowest BCUT2D eigenvalue weighted by atomic mass is 10.3. The molecule has 11 heavy (non-hydrogen) atoms. The summed E-state index contributed by atoms with van der Waals surface area (Å²) >= 11 is 0. The van der Waals surface area contributed by atoms with Gasteiger partial charge in [-0.3, -0.25) is 0 Å². The standard InChI is InChI=1S/C9H10N2/c1-8-9-4-3-5-11(9)7-6-10(8)2/h3-7H,1H2,2H3. The molecule has 1 aromatic rings. The van der Waals surface area contributed by atoms with Crippen LogP contribution in [0.15, 0.2) is 31.1 Å². The average Bonchev–Trinajstić information content (AvgIpc) is 2.45. The molecule has 0 spiro atoms. The highest BCUT2D eigenvalue weighted by Gasteiger charge is 2.09. The highest BCUT2D eigenvalue weighted by Crippen LogP contribution is 2.21. The third kappa shape index (κ3) is 0.792. The first kappa shape index (κ1) is 6.28. The first-order chi connectivity index (χ1) is 5.29. The number of aromatic nitrogens is 1. The summed E-state index contributed by atoms with van der Waals surface area (Å²) in [6.07, 6.45) is 6.03. The molecular weight excluding hydrogens is 136 g/mol.